The molecule has 26 heavy (non-hydrogen) atoms. The zero-order valence-electron chi connectivity index (χ0n) is 15.5. The molecule has 1 amide bonds. The molecule has 140 valence electrons. The van der Waals surface area contributed by atoms with Gasteiger partial charge in [-0.25, -0.2) is 9.78 Å². The van der Waals surface area contributed by atoms with E-state index in [1.165, 1.54) is 0 Å². The third kappa shape index (κ3) is 4.75. The second kappa shape index (κ2) is 7.66. The highest BCUT2D eigenvalue weighted by Crippen LogP contribution is 2.25. The average molecular weight is 377 g/mol. The standard InChI is InChI=1S/C19H25ClN4O2/c1-19(2,3)26-18(25)24-9-5-6-13(12-24)11-22-17-14-7-4-8-21-15(14)10-16(20)23-17/h4,7-8,10,13H,5-6,9,11-12H2,1-3H3,(H,22,23)/t13-/m0/s1. The van der Waals surface area contributed by atoms with Crippen molar-refractivity contribution in [2.75, 3.05) is 25.0 Å². The molecule has 2 aromatic rings. The zero-order chi connectivity index (χ0) is 18.7. The molecule has 0 bridgehead atoms. The van der Waals surface area contributed by atoms with Gasteiger partial charge in [-0.2, -0.15) is 0 Å². The lowest BCUT2D eigenvalue weighted by atomic mass is 9.98. The number of likely N-dealkylation sites (tertiary alicyclic amines) is 1. The van der Waals surface area contributed by atoms with Crippen LogP contribution in [0.2, 0.25) is 5.15 Å². The number of hydrogen-bond donors (Lipinski definition) is 1. The molecule has 2 aromatic heterocycles. The molecule has 0 radical (unpaired) electrons. The van der Waals surface area contributed by atoms with Gasteiger partial charge in [-0.3, -0.25) is 4.98 Å². The molecule has 0 aromatic carbocycles. The molecule has 3 rings (SSSR count). The van der Waals surface area contributed by atoms with E-state index in [-0.39, 0.29) is 6.09 Å². The van der Waals surface area contributed by atoms with Crippen molar-refractivity contribution >= 4 is 34.4 Å². The van der Waals surface area contributed by atoms with Crippen molar-refractivity contribution in [3.8, 4) is 0 Å². The van der Waals surface area contributed by atoms with E-state index in [0.717, 1.165) is 42.7 Å². The van der Waals surface area contributed by atoms with Crippen LogP contribution in [0.15, 0.2) is 24.4 Å². The van der Waals surface area contributed by atoms with E-state index in [2.05, 4.69) is 15.3 Å². The number of piperidine rings is 1. The fourth-order valence-corrected chi connectivity index (χ4v) is 3.33. The number of aromatic nitrogens is 2. The summed E-state index contributed by atoms with van der Waals surface area (Å²) in [7, 11) is 0. The van der Waals surface area contributed by atoms with Crippen LogP contribution < -0.4 is 5.32 Å². The Bertz CT molecular complexity index is 791. The lowest BCUT2D eigenvalue weighted by Crippen LogP contribution is -2.44. The van der Waals surface area contributed by atoms with E-state index in [1.807, 2.05) is 32.9 Å². The van der Waals surface area contributed by atoms with Crippen molar-refractivity contribution in [1.82, 2.24) is 14.9 Å². The molecular weight excluding hydrogens is 352 g/mol. The predicted molar refractivity (Wildman–Crippen MR) is 104 cm³/mol. The number of halogens is 1. The van der Waals surface area contributed by atoms with Gasteiger partial charge in [-0.05, 0) is 51.7 Å². The molecule has 1 aliphatic rings. The van der Waals surface area contributed by atoms with E-state index in [9.17, 15) is 4.79 Å². The second-order valence-electron chi connectivity index (χ2n) is 7.68. The maximum Gasteiger partial charge on any atom is 0.410 e. The Hall–Kier alpha value is -2.08. The van der Waals surface area contributed by atoms with E-state index in [4.69, 9.17) is 16.3 Å². The van der Waals surface area contributed by atoms with Crippen LogP contribution in [-0.2, 0) is 4.74 Å². The smallest absolute Gasteiger partial charge is 0.410 e. The minimum absolute atomic E-state index is 0.238. The SMILES string of the molecule is CC(C)(C)OC(=O)N1CCC[C@@H](CNc2nc(Cl)cc3ncccc23)C1. The Morgan fingerprint density at radius 2 is 2.27 bits per heavy atom. The van der Waals surface area contributed by atoms with Gasteiger partial charge in [0.2, 0.25) is 0 Å². The summed E-state index contributed by atoms with van der Waals surface area (Å²) in [6.07, 6.45) is 3.53. The molecule has 1 aliphatic heterocycles. The summed E-state index contributed by atoms with van der Waals surface area (Å²) in [5.74, 6) is 1.07. The van der Waals surface area contributed by atoms with Crippen LogP contribution in [0.3, 0.4) is 0 Å². The Morgan fingerprint density at radius 1 is 1.46 bits per heavy atom. The fraction of sp³-hybridized carbons (Fsp3) is 0.526. The fourth-order valence-electron chi connectivity index (χ4n) is 3.14. The maximum atomic E-state index is 12.3. The number of hydrogen-bond acceptors (Lipinski definition) is 5. The summed E-state index contributed by atoms with van der Waals surface area (Å²) in [4.78, 5) is 22.8. The molecule has 0 saturated carbocycles. The molecule has 3 heterocycles. The first-order valence-corrected chi connectivity index (χ1v) is 9.33. The Morgan fingerprint density at radius 3 is 3.04 bits per heavy atom. The van der Waals surface area contributed by atoms with Gasteiger partial charge in [0.05, 0.1) is 5.52 Å². The second-order valence-corrected chi connectivity index (χ2v) is 8.07. The topological polar surface area (TPSA) is 67.3 Å². The number of carbonyl (C=O) groups excluding carboxylic acids is 1. The van der Waals surface area contributed by atoms with Crippen LogP contribution in [0.5, 0.6) is 0 Å². The summed E-state index contributed by atoms with van der Waals surface area (Å²) in [5.41, 5.74) is 0.341. The van der Waals surface area contributed by atoms with Gasteiger partial charge >= 0.3 is 6.09 Å². The van der Waals surface area contributed by atoms with Crippen molar-refractivity contribution < 1.29 is 9.53 Å². The van der Waals surface area contributed by atoms with Crippen molar-refractivity contribution in [3.05, 3.63) is 29.5 Å². The first-order chi connectivity index (χ1) is 12.3. The molecule has 1 N–H and O–H groups in total. The van der Waals surface area contributed by atoms with E-state index >= 15 is 0 Å². The molecule has 1 atom stereocenters. The van der Waals surface area contributed by atoms with Crippen LogP contribution in [0, 0.1) is 5.92 Å². The lowest BCUT2D eigenvalue weighted by molar-refractivity contribution is 0.0172. The van der Waals surface area contributed by atoms with Crippen LogP contribution in [0.4, 0.5) is 10.6 Å². The van der Waals surface area contributed by atoms with Gasteiger partial charge in [-0.15, -0.1) is 0 Å². The Labute approximate surface area is 158 Å². The maximum absolute atomic E-state index is 12.3. The quantitative estimate of drug-likeness (QED) is 0.807. The van der Waals surface area contributed by atoms with Gasteiger partial charge in [0, 0.05) is 37.3 Å². The minimum atomic E-state index is -0.473. The minimum Gasteiger partial charge on any atom is -0.444 e. The summed E-state index contributed by atoms with van der Waals surface area (Å²) in [5, 5.41) is 4.75. The Kier molecular flexibility index (Phi) is 5.51. The summed E-state index contributed by atoms with van der Waals surface area (Å²) in [6, 6.07) is 5.61. The van der Waals surface area contributed by atoms with Crippen molar-refractivity contribution in [2.24, 2.45) is 5.92 Å². The predicted octanol–water partition coefficient (Wildman–Crippen LogP) is 4.34. The normalized spacial score (nSPS) is 18.0. The van der Waals surface area contributed by atoms with Gasteiger partial charge < -0.3 is 15.0 Å². The van der Waals surface area contributed by atoms with Gasteiger partial charge in [0.1, 0.15) is 16.6 Å². The highest BCUT2D eigenvalue weighted by molar-refractivity contribution is 6.30. The van der Waals surface area contributed by atoms with Crippen molar-refractivity contribution in [2.45, 2.75) is 39.2 Å². The van der Waals surface area contributed by atoms with Crippen LogP contribution in [0.25, 0.3) is 10.9 Å². The van der Waals surface area contributed by atoms with E-state index in [1.54, 1.807) is 17.2 Å². The summed E-state index contributed by atoms with van der Waals surface area (Å²) < 4.78 is 5.49. The highest BCUT2D eigenvalue weighted by Gasteiger charge is 2.27. The monoisotopic (exact) mass is 376 g/mol. The number of nitrogens with one attached hydrogen (secondary N) is 1. The molecule has 6 nitrogen and oxygen atoms in total. The van der Waals surface area contributed by atoms with Crippen molar-refractivity contribution in [3.63, 3.8) is 0 Å². The third-order valence-corrected chi connectivity index (χ3v) is 4.49. The first kappa shape index (κ1) is 18.7. The molecule has 7 heteroatoms. The van der Waals surface area contributed by atoms with Gasteiger partial charge in [-0.1, -0.05) is 11.6 Å². The largest absolute Gasteiger partial charge is 0.444 e. The van der Waals surface area contributed by atoms with Crippen molar-refractivity contribution in [1.29, 1.82) is 0 Å². The molecule has 0 spiro atoms. The molecular formula is C19H25ClN4O2. The molecule has 0 aliphatic carbocycles. The van der Waals surface area contributed by atoms with E-state index in [0.29, 0.717) is 17.6 Å². The number of amides is 1. The zero-order valence-corrected chi connectivity index (χ0v) is 16.2. The summed E-state index contributed by atoms with van der Waals surface area (Å²) >= 11 is 6.11. The molecule has 1 saturated heterocycles. The molecule has 1 fully saturated rings. The van der Waals surface area contributed by atoms with Crippen LogP contribution in [-0.4, -0.2) is 46.2 Å². The highest BCUT2D eigenvalue weighted by atomic mass is 35.5. The number of fused-ring (bicyclic) bond motifs is 1. The van der Waals surface area contributed by atoms with Crippen LogP contribution >= 0.6 is 11.6 Å². The number of rotatable bonds is 3. The number of carbonyl (C=O) groups is 1. The first-order valence-electron chi connectivity index (χ1n) is 8.95. The van der Waals surface area contributed by atoms with Gasteiger partial charge in [0.15, 0.2) is 0 Å². The number of pyridine rings is 2. The number of anilines is 1. The number of ether oxygens (including phenoxy) is 1. The van der Waals surface area contributed by atoms with Crippen LogP contribution in [0.1, 0.15) is 33.6 Å². The average Bonchev–Trinajstić information content (AvgIpc) is 2.58. The lowest BCUT2D eigenvalue weighted by Gasteiger charge is -2.34. The molecule has 0 unspecified atom stereocenters. The van der Waals surface area contributed by atoms with E-state index < -0.39 is 5.60 Å². The summed E-state index contributed by atoms with van der Waals surface area (Å²) in [6.45, 7) is 7.80. The Balaban J connectivity index is 1.64. The number of nitrogens with zero attached hydrogens (tertiary/aromatic N) is 3. The van der Waals surface area contributed by atoms with Gasteiger partial charge in [0.25, 0.3) is 0 Å². The third-order valence-electron chi connectivity index (χ3n) is 4.30.